The normalized spacial score (nSPS) is 13.7. The van der Waals surface area contributed by atoms with Crippen LogP contribution in [-0.2, 0) is 10.0 Å². The summed E-state index contributed by atoms with van der Waals surface area (Å²) < 4.78 is 26.2. The van der Waals surface area contributed by atoms with Crippen LogP contribution >= 0.6 is 0 Å². The van der Waals surface area contributed by atoms with E-state index >= 15 is 0 Å². The van der Waals surface area contributed by atoms with Crippen LogP contribution in [0.15, 0.2) is 4.90 Å². The van der Waals surface area contributed by atoms with Crippen molar-refractivity contribution in [1.82, 2.24) is 14.9 Å². The first-order chi connectivity index (χ1) is 8.66. The zero-order valence-corrected chi connectivity index (χ0v) is 11.7. The van der Waals surface area contributed by atoms with Gasteiger partial charge in [0.1, 0.15) is 4.90 Å². The van der Waals surface area contributed by atoms with E-state index in [9.17, 15) is 18.3 Å². The predicted octanol–water partition coefficient (Wildman–Crippen LogP) is -0.288. The Morgan fingerprint density at radius 2 is 2.05 bits per heavy atom. The van der Waals surface area contributed by atoms with E-state index in [0.29, 0.717) is 0 Å². The van der Waals surface area contributed by atoms with Crippen molar-refractivity contribution in [2.75, 3.05) is 6.54 Å². The summed E-state index contributed by atoms with van der Waals surface area (Å²) in [5.41, 5.74) is -0.437. The predicted molar refractivity (Wildman–Crippen MR) is 66.3 cm³/mol. The first-order valence-electron chi connectivity index (χ1n) is 5.62. The van der Waals surface area contributed by atoms with Gasteiger partial charge < -0.3 is 10.2 Å². The van der Waals surface area contributed by atoms with Crippen molar-refractivity contribution in [3.8, 4) is 0 Å². The molecule has 9 heteroatoms. The number of aliphatic hydroxyl groups excluding tert-OH is 1. The number of hydrogen-bond acceptors (Lipinski definition) is 5. The SMILES string of the molecule is Cc1[nH]nc(C(=O)O)c1S(=O)(=O)NCC(O)C(C)C. The lowest BCUT2D eigenvalue weighted by Crippen LogP contribution is -2.35. The number of nitrogens with one attached hydrogen (secondary N) is 2. The molecular weight excluding hydrogens is 274 g/mol. The number of aromatic amines is 1. The van der Waals surface area contributed by atoms with Crippen molar-refractivity contribution in [1.29, 1.82) is 0 Å². The van der Waals surface area contributed by atoms with Gasteiger partial charge in [-0.05, 0) is 12.8 Å². The zero-order chi connectivity index (χ0) is 14.8. The molecule has 0 radical (unpaired) electrons. The lowest BCUT2D eigenvalue weighted by atomic mass is 10.1. The largest absolute Gasteiger partial charge is 0.476 e. The van der Waals surface area contributed by atoms with E-state index < -0.39 is 32.7 Å². The molecule has 1 aromatic rings. The van der Waals surface area contributed by atoms with Gasteiger partial charge in [0.25, 0.3) is 0 Å². The summed E-state index contributed by atoms with van der Waals surface area (Å²) >= 11 is 0. The average Bonchev–Trinajstić information content (AvgIpc) is 2.68. The molecule has 0 aliphatic rings. The minimum Gasteiger partial charge on any atom is -0.476 e. The number of rotatable bonds is 6. The van der Waals surface area contributed by atoms with E-state index in [2.05, 4.69) is 14.9 Å². The van der Waals surface area contributed by atoms with Gasteiger partial charge in [0, 0.05) is 6.54 Å². The third kappa shape index (κ3) is 3.52. The maximum absolute atomic E-state index is 12.0. The second-order valence-electron chi connectivity index (χ2n) is 4.49. The monoisotopic (exact) mass is 291 g/mol. The number of aromatic carboxylic acids is 1. The highest BCUT2D eigenvalue weighted by Gasteiger charge is 2.28. The molecule has 0 amide bonds. The molecular formula is C10H17N3O5S. The molecule has 4 N–H and O–H groups in total. The minimum absolute atomic E-state index is 0.118. The highest BCUT2D eigenvalue weighted by atomic mass is 32.2. The molecule has 19 heavy (non-hydrogen) atoms. The second kappa shape index (κ2) is 5.68. The topological polar surface area (TPSA) is 132 Å². The Labute approximate surface area is 110 Å². The van der Waals surface area contributed by atoms with E-state index in [0.717, 1.165) is 0 Å². The standard InChI is InChI=1S/C10H17N3O5S/c1-5(2)7(14)4-11-19(17,18)9-6(3)12-13-8(9)10(15)16/h5,7,11,14H,4H2,1-3H3,(H,12,13)(H,15,16). The Morgan fingerprint density at radius 1 is 1.47 bits per heavy atom. The lowest BCUT2D eigenvalue weighted by molar-refractivity contribution is 0.0686. The number of aromatic nitrogens is 2. The van der Waals surface area contributed by atoms with Crippen molar-refractivity contribution >= 4 is 16.0 Å². The summed E-state index contributed by atoms with van der Waals surface area (Å²) in [5, 5.41) is 24.2. The molecule has 1 atom stereocenters. The summed E-state index contributed by atoms with van der Waals surface area (Å²) in [6.45, 7) is 4.70. The molecule has 0 aliphatic heterocycles. The summed E-state index contributed by atoms with van der Waals surface area (Å²) in [4.78, 5) is 10.5. The fourth-order valence-corrected chi connectivity index (χ4v) is 2.77. The lowest BCUT2D eigenvalue weighted by Gasteiger charge is -2.15. The van der Waals surface area contributed by atoms with Crippen LogP contribution in [0.1, 0.15) is 30.0 Å². The van der Waals surface area contributed by atoms with Crippen molar-refractivity contribution in [2.24, 2.45) is 5.92 Å². The van der Waals surface area contributed by atoms with Gasteiger partial charge in [-0.25, -0.2) is 17.9 Å². The maximum atomic E-state index is 12.0. The van der Waals surface area contributed by atoms with Crippen LogP contribution in [0.5, 0.6) is 0 Å². The Kier molecular flexibility index (Phi) is 4.66. The Balaban J connectivity index is 3.01. The molecule has 0 aliphatic carbocycles. The Hall–Kier alpha value is -1.45. The molecule has 0 bridgehead atoms. The zero-order valence-electron chi connectivity index (χ0n) is 10.8. The van der Waals surface area contributed by atoms with Gasteiger partial charge >= 0.3 is 5.97 Å². The van der Waals surface area contributed by atoms with E-state index in [1.807, 2.05) is 0 Å². The van der Waals surface area contributed by atoms with Crippen molar-refractivity contribution in [2.45, 2.75) is 31.8 Å². The third-order valence-electron chi connectivity index (χ3n) is 2.61. The van der Waals surface area contributed by atoms with Crippen molar-refractivity contribution in [3.05, 3.63) is 11.4 Å². The molecule has 1 heterocycles. The molecule has 1 unspecified atom stereocenters. The number of carbonyl (C=O) groups is 1. The van der Waals surface area contributed by atoms with Crippen molar-refractivity contribution < 1.29 is 23.4 Å². The summed E-state index contributed by atoms with van der Waals surface area (Å²) in [7, 11) is -4.04. The van der Waals surface area contributed by atoms with E-state index in [4.69, 9.17) is 5.11 Å². The maximum Gasteiger partial charge on any atom is 0.357 e. The number of nitrogens with zero attached hydrogens (tertiary/aromatic N) is 1. The fraction of sp³-hybridized carbons (Fsp3) is 0.600. The highest BCUT2D eigenvalue weighted by Crippen LogP contribution is 2.17. The first kappa shape index (κ1) is 15.6. The number of sulfonamides is 1. The fourth-order valence-electron chi connectivity index (χ4n) is 1.40. The van der Waals surface area contributed by atoms with Crippen LogP contribution in [0.2, 0.25) is 0 Å². The molecule has 0 spiro atoms. The van der Waals surface area contributed by atoms with Gasteiger partial charge in [-0.2, -0.15) is 5.10 Å². The molecule has 1 aromatic heterocycles. The minimum atomic E-state index is -4.04. The van der Waals surface area contributed by atoms with Gasteiger partial charge in [-0.3, -0.25) is 5.10 Å². The molecule has 1 rings (SSSR count). The van der Waals surface area contributed by atoms with E-state index in [1.165, 1.54) is 6.92 Å². The quantitative estimate of drug-likeness (QED) is 0.569. The number of H-pyrrole nitrogens is 1. The average molecular weight is 291 g/mol. The van der Waals surface area contributed by atoms with Gasteiger partial charge in [-0.15, -0.1) is 0 Å². The van der Waals surface area contributed by atoms with Crippen LogP contribution in [0.25, 0.3) is 0 Å². The second-order valence-corrected chi connectivity index (χ2v) is 6.20. The number of aliphatic hydroxyl groups is 1. The van der Waals surface area contributed by atoms with Crippen LogP contribution in [0, 0.1) is 12.8 Å². The van der Waals surface area contributed by atoms with Crippen LogP contribution < -0.4 is 4.72 Å². The molecule has 8 nitrogen and oxygen atoms in total. The van der Waals surface area contributed by atoms with Crippen LogP contribution in [0.4, 0.5) is 0 Å². The van der Waals surface area contributed by atoms with Gasteiger partial charge in [0.2, 0.25) is 10.0 Å². The van der Waals surface area contributed by atoms with Crippen LogP contribution in [0.3, 0.4) is 0 Å². The molecule has 0 aromatic carbocycles. The highest BCUT2D eigenvalue weighted by molar-refractivity contribution is 7.89. The smallest absolute Gasteiger partial charge is 0.357 e. The third-order valence-corrected chi connectivity index (χ3v) is 4.20. The summed E-state index contributed by atoms with van der Waals surface area (Å²) in [5.74, 6) is -1.55. The van der Waals surface area contributed by atoms with Crippen molar-refractivity contribution in [3.63, 3.8) is 0 Å². The molecule has 0 saturated carbocycles. The van der Waals surface area contributed by atoms with Crippen LogP contribution in [-0.4, -0.2) is 47.4 Å². The molecule has 0 fully saturated rings. The summed E-state index contributed by atoms with van der Waals surface area (Å²) in [6, 6.07) is 0. The Morgan fingerprint density at radius 3 is 2.53 bits per heavy atom. The number of aryl methyl sites for hydroxylation is 1. The number of carboxylic acids is 1. The first-order valence-corrected chi connectivity index (χ1v) is 7.11. The molecule has 0 saturated heterocycles. The van der Waals surface area contributed by atoms with Gasteiger partial charge in [0.15, 0.2) is 5.69 Å². The number of carboxylic acid groups (broad SMARTS) is 1. The Bertz CT molecular complexity index is 564. The molecule has 108 valence electrons. The number of hydrogen-bond donors (Lipinski definition) is 4. The van der Waals surface area contributed by atoms with E-state index in [-0.39, 0.29) is 18.2 Å². The van der Waals surface area contributed by atoms with Gasteiger partial charge in [0.05, 0.1) is 11.8 Å². The van der Waals surface area contributed by atoms with E-state index in [1.54, 1.807) is 13.8 Å². The van der Waals surface area contributed by atoms with Gasteiger partial charge in [-0.1, -0.05) is 13.8 Å². The summed E-state index contributed by atoms with van der Waals surface area (Å²) in [6.07, 6.45) is -0.852.